The Bertz CT molecular complexity index is 513. The molecular weight excluding hydrogens is 251 g/mol. The van der Waals surface area contributed by atoms with Gasteiger partial charge in [-0.25, -0.2) is 4.39 Å². The molecule has 0 spiro atoms. The molecule has 4 saturated carbocycles. The minimum Gasteiger partial charge on any atom is -0.299 e. The second kappa shape index (κ2) is 4.41. The van der Waals surface area contributed by atoms with Gasteiger partial charge in [0.05, 0.1) is 0 Å². The van der Waals surface area contributed by atoms with E-state index in [1.165, 1.54) is 25.3 Å². The van der Waals surface area contributed by atoms with Gasteiger partial charge in [-0.15, -0.1) is 0 Å². The van der Waals surface area contributed by atoms with E-state index in [2.05, 4.69) is 0 Å². The summed E-state index contributed by atoms with van der Waals surface area (Å²) in [6, 6.07) is 6.73. The molecule has 0 saturated heterocycles. The van der Waals surface area contributed by atoms with Gasteiger partial charge < -0.3 is 0 Å². The van der Waals surface area contributed by atoms with E-state index < -0.39 is 0 Å². The van der Waals surface area contributed by atoms with E-state index in [0.717, 1.165) is 37.0 Å². The molecule has 20 heavy (non-hydrogen) atoms. The summed E-state index contributed by atoms with van der Waals surface area (Å²) in [5.74, 6) is 2.38. The van der Waals surface area contributed by atoms with Crippen LogP contribution in [0.25, 0.3) is 0 Å². The van der Waals surface area contributed by atoms with Crippen LogP contribution in [0, 0.1) is 29.0 Å². The minimum atomic E-state index is -0.231. The van der Waals surface area contributed by atoms with Crippen LogP contribution in [0.5, 0.6) is 0 Å². The maximum atomic E-state index is 13.8. The lowest BCUT2D eigenvalue weighted by atomic mass is 9.48. The van der Waals surface area contributed by atoms with Crippen LogP contribution in [0.15, 0.2) is 24.3 Å². The summed E-state index contributed by atoms with van der Waals surface area (Å²) in [5.41, 5.74) is 0.477. The zero-order valence-corrected chi connectivity index (χ0v) is 11.8. The van der Waals surface area contributed by atoms with E-state index in [0.29, 0.717) is 17.8 Å². The maximum Gasteiger partial charge on any atom is 0.143 e. The summed E-state index contributed by atoms with van der Waals surface area (Å²) < 4.78 is 13.8. The molecule has 0 unspecified atom stereocenters. The van der Waals surface area contributed by atoms with Crippen LogP contribution in [-0.2, 0) is 11.2 Å². The summed E-state index contributed by atoms with van der Waals surface area (Å²) in [6.07, 6.45) is 7.54. The fourth-order valence-electron chi connectivity index (χ4n) is 5.45. The molecule has 1 nitrogen and oxygen atoms in total. The van der Waals surface area contributed by atoms with E-state index in [1.807, 2.05) is 6.07 Å². The van der Waals surface area contributed by atoms with Gasteiger partial charge in [0.1, 0.15) is 11.6 Å². The molecule has 0 amide bonds. The zero-order valence-electron chi connectivity index (χ0n) is 11.8. The summed E-state index contributed by atoms with van der Waals surface area (Å²) in [5, 5.41) is 0. The van der Waals surface area contributed by atoms with Gasteiger partial charge in [0.2, 0.25) is 0 Å². The number of carbonyl (C=O) groups is 1. The molecule has 0 heterocycles. The Labute approximate surface area is 119 Å². The Morgan fingerprint density at radius 1 is 1.05 bits per heavy atom. The van der Waals surface area contributed by atoms with Crippen molar-refractivity contribution in [1.82, 2.24) is 0 Å². The SMILES string of the molecule is O=C(Cc1ccccc1F)C12CC3CC(CC(C3)C1)C2. The van der Waals surface area contributed by atoms with Crippen LogP contribution < -0.4 is 0 Å². The first-order valence-corrected chi connectivity index (χ1v) is 7.91. The highest BCUT2D eigenvalue weighted by Gasteiger charge is 2.54. The molecule has 1 aromatic carbocycles. The van der Waals surface area contributed by atoms with Crippen LogP contribution in [0.3, 0.4) is 0 Å². The molecule has 106 valence electrons. The van der Waals surface area contributed by atoms with Crippen LogP contribution in [-0.4, -0.2) is 5.78 Å². The maximum absolute atomic E-state index is 13.8. The van der Waals surface area contributed by atoms with Gasteiger partial charge in [-0.1, -0.05) is 18.2 Å². The number of hydrogen-bond acceptors (Lipinski definition) is 1. The van der Waals surface area contributed by atoms with E-state index in [1.54, 1.807) is 12.1 Å². The van der Waals surface area contributed by atoms with Crippen molar-refractivity contribution in [1.29, 1.82) is 0 Å². The Morgan fingerprint density at radius 2 is 1.60 bits per heavy atom. The Hall–Kier alpha value is -1.18. The van der Waals surface area contributed by atoms with Gasteiger partial charge in [0, 0.05) is 11.8 Å². The summed E-state index contributed by atoms with van der Waals surface area (Å²) in [6.45, 7) is 0. The molecule has 0 aliphatic heterocycles. The summed E-state index contributed by atoms with van der Waals surface area (Å²) in [4.78, 5) is 12.9. The predicted molar refractivity (Wildman–Crippen MR) is 75.7 cm³/mol. The normalized spacial score (nSPS) is 38.1. The van der Waals surface area contributed by atoms with E-state index >= 15 is 0 Å². The molecule has 4 bridgehead atoms. The Morgan fingerprint density at radius 3 is 2.15 bits per heavy atom. The highest BCUT2D eigenvalue weighted by molar-refractivity contribution is 5.87. The van der Waals surface area contributed by atoms with E-state index in [-0.39, 0.29) is 11.2 Å². The third-order valence-electron chi connectivity index (χ3n) is 5.94. The fourth-order valence-corrected chi connectivity index (χ4v) is 5.45. The van der Waals surface area contributed by atoms with Crippen molar-refractivity contribution in [2.75, 3.05) is 0 Å². The van der Waals surface area contributed by atoms with Crippen molar-refractivity contribution in [2.24, 2.45) is 23.2 Å². The number of rotatable bonds is 3. The molecule has 4 aliphatic carbocycles. The van der Waals surface area contributed by atoms with Gasteiger partial charge in [0.15, 0.2) is 0 Å². The number of carbonyl (C=O) groups excluding carboxylic acids is 1. The lowest BCUT2D eigenvalue weighted by Crippen LogP contribution is -2.50. The van der Waals surface area contributed by atoms with Crippen LogP contribution in [0.2, 0.25) is 0 Å². The van der Waals surface area contributed by atoms with Gasteiger partial charge >= 0.3 is 0 Å². The first-order valence-electron chi connectivity index (χ1n) is 7.91. The van der Waals surface area contributed by atoms with Crippen LogP contribution >= 0.6 is 0 Å². The van der Waals surface area contributed by atoms with Crippen molar-refractivity contribution in [3.8, 4) is 0 Å². The zero-order chi connectivity index (χ0) is 13.7. The lowest BCUT2D eigenvalue weighted by molar-refractivity contribution is -0.143. The van der Waals surface area contributed by atoms with E-state index in [4.69, 9.17) is 0 Å². The highest BCUT2D eigenvalue weighted by atomic mass is 19.1. The van der Waals surface area contributed by atoms with Gasteiger partial charge in [-0.05, 0) is 67.9 Å². The van der Waals surface area contributed by atoms with Crippen LogP contribution in [0.1, 0.15) is 44.1 Å². The van der Waals surface area contributed by atoms with Crippen molar-refractivity contribution < 1.29 is 9.18 Å². The number of hydrogen-bond donors (Lipinski definition) is 0. The molecule has 5 rings (SSSR count). The molecule has 0 radical (unpaired) electrons. The predicted octanol–water partition coefficient (Wildman–Crippen LogP) is 4.15. The number of halogens is 1. The van der Waals surface area contributed by atoms with E-state index in [9.17, 15) is 9.18 Å². The first kappa shape index (κ1) is 12.6. The van der Waals surface area contributed by atoms with Crippen molar-refractivity contribution in [3.05, 3.63) is 35.6 Å². The second-order valence-electron chi connectivity index (χ2n) is 7.39. The Kier molecular flexibility index (Phi) is 2.77. The number of ketones is 1. The topological polar surface area (TPSA) is 17.1 Å². The molecule has 0 atom stereocenters. The second-order valence-corrected chi connectivity index (χ2v) is 7.39. The monoisotopic (exact) mass is 272 g/mol. The smallest absolute Gasteiger partial charge is 0.143 e. The fraction of sp³-hybridized carbons (Fsp3) is 0.611. The Balaban J connectivity index is 1.58. The average Bonchev–Trinajstić information content (AvgIpc) is 2.40. The number of Topliss-reactive ketones (excluding diaryl/α,β-unsaturated/α-hetero) is 1. The molecule has 4 fully saturated rings. The van der Waals surface area contributed by atoms with Gasteiger partial charge in [0.25, 0.3) is 0 Å². The van der Waals surface area contributed by atoms with Gasteiger partial charge in [-0.3, -0.25) is 4.79 Å². The van der Waals surface area contributed by atoms with Crippen molar-refractivity contribution in [3.63, 3.8) is 0 Å². The molecule has 2 heteroatoms. The van der Waals surface area contributed by atoms with Crippen molar-refractivity contribution >= 4 is 5.78 Å². The molecule has 1 aromatic rings. The number of benzene rings is 1. The van der Waals surface area contributed by atoms with Crippen molar-refractivity contribution in [2.45, 2.75) is 44.9 Å². The first-order chi connectivity index (χ1) is 9.64. The average molecular weight is 272 g/mol. The van der Waals surface area contributed by atoms with Gasteiger partial charge in [-0.2, -0.15) is 0 Å². The quantitative estimate of drug-likeness (QED) is 0.807. The largest absolute Gasteiger partial charge is 0.299 e. The molecule has 0 N–H and O–H groups in total. The lowest BCUT2D eigenvalue weighted by Gasteiger charge is -2.56. The van der Waals surface area contributed by atoms with Crippen LogP contribution in [0.4, 0.5) is 4.39 Å². The minimum absolute atomic E-state index is 0.100. The third-order valence-corrected chi connectivity index (χ3v) is 5.94. The highest BCUT2D eigenvalue weighted by Crippen LogP contribution is 2.60. The molecular formula is C18H21FO. The standard InChI is InChI=1S/C18H21FO/c19-16-4-2-1-3-15(16)8-17(20)18-9-12-5-13(10-18)7-14(6-12)11-18/h1-4,12-14H,5-11H2. The summed E-state index contributed by atoms with van der Waals surface area (Å²) in [7, 11) is 0. The molecule has 4 aliphatic rings. The summed E-state index contributed by atoms with van der Waals surface area (Å²) >= 11 is 0. The third kappa shape index (κ3) is 1.92. The molecule has 0 aromatic heterocycles.